The van der Waals surface area contributed by atoms with Crippen molar-refractivity contribution < 1.29 is 4.79 Å². The molecule has 0 aliphatic heterocycles. The molecular formula is C50H58IN9O. The van der Waals surface area contributed by atoms with Crippen molar-refractivity contribution in [3.8, 4) is 11.1 Å². The van der Waals surface area contributed by atoms with E-state index in [2.05, 4.69) is 124 Å². The lowest BCUT2D eigenvalue weighted by Crippen LogP contribution is -2.10. The minimum absolute atomic E-state index is 0.000654. The molecule has 0 bridgehead atoms. The Labute approximate surface area is 373 Å². The van der Waals surface area contributed by atoms with E-state index in [1.807, 2.05) is 125 Å². The summed E-state index contributed by atoms with van der Waals surface area (Å²) in [5.74, 6) is 1.80. The Morgan fingerprint density at radius 3 is 1.57 bits per heavy atom. The van der Waals surface area contributed by atoms with Gasteiger partial charge >= 0.3 is 0 Å². The number of aromatic nitrogens is 8. The predicted octanol–water partition coefficient (Wildman–Crippen LogP) is 12.5. The van der Waals surface area contributed by atoms with Gasteiger partial charge in [0.15, 0.2) is 5.78 Å². The standard InChI is InChI=1S/C16H17N3.C14H18N2O.C10H11IN2.C10H12N2/c1-11(2)16-15(12-6-5-7-13(17)10-12)14-8-3-4-9-19(14)18-16;1-9(2)13-12(14(17)10(3)4)11-7-5-6-8-16(11)15-13;1-7(2)10-9(11)8-5-3-4-6-13(8)12-10;1-8(2)10-7-9-5-3-4-6-12(9)11-10/h3-11H,17H2,1-2H3;5-10H,1-4H3;3-7H,1-2H3;3-8H,1-2H3. The summed E-state index contributed by atoms with van der Waals surface area (Å²) in [7, 11) is 0. The lowest BCUT2D eigenvalue weighted by molar-refractivity contribution is 0.0939. The van der Waals surface area contributed by atoms with E-state index in [4.69, 9.17) is 10.8 Å². The van der Waals surface area contributed by atoms with E-state index in [1.54, 1.807) is 4.52 Å². The molecule has 8 aromatic heterocycles. The van der Waals surface area contributed by atoms with Crippen molar-refractivity contribution >= 4 is 56.1 Å². The van der Waals surface area contributed by atoms with E-state index < -0.39 is 0 Å². The molecule has 9 aromatic rings. The number of halogens is 1. The van der Waals surface area contributed by atoms with Crippen molar-refractivity contribution in [1.82, 2.24) is 38.5 Å². The average molecular weight is 928 g/mol. The second kappa shape index (κ2) is 19.7. The van der Waals surface area contributed by atoms with Crippen LogP contribution in [0.5, 0.6) is 0 Å². The molecule has 0 atom stereocenters. The Morgan fingerprint density at radius 1 is 0.525 bits per heavy atom. The lowest BCUT2D eigenvalue weighted by Gasteiger charge is -2.07. The molecule has 11 heteroatoms. The van der Waals surface area contributed by atoms with Crippen LogP contribution in [0, 0.1) is 9.49 Å². The van der Waals surface area contributed by atoms with Crippen molar-refractivity contribution in [2.75, 3.05) is 5.73 Å². The number of benzene rings is 1. The highest BCUT2D eigenvalue weighted by atomic mass is 127. The highest BCUT2D eigenvalue weighted by Crippen LogP contribution is 2.33. The molecular weight excluding hydrogens is 870 g/mol. The zero-order valence-corrected chi connectivity index (χ0v) is 39.1. The number of carbonyl (C=O) groups excluding carboxylic acids is 1. The molecule has 0 radical (unpaired) electrons. The monoisotopic (exact) mass is 927 g/mol. The SMILES string of the molecule is CC(C)C(=O)c1c(C(C)C)nn2ccccc12.CC(C)c1cc2ccccn2n1.CC(C)c1nn2ccccc2c1-c1cccc(N)c1.CC(C)c1nn2ccccc2c1I. The van der Waals surface area contributed by atoms with Crippen molar-refractivity contribution in [2.45, 2.75) is 92.9 Å². The van der Waals surface area contributed by atoms with E-state index in [9.17, 15) is 4.79 Å². The molecule has 0 aliphatic rings. The first-order valence-corrected chi connectivity index (χ1v) is 22.2. The van der Waals surface area contributed by atoms with E-state index >= 15 is 0 Å². The number of rotatable bonds is 7. The molecule has 0 unspecified atom stereocenters. The quantitative estimate of drug-likeness (QED) is 0.0968. The Bertz CT molecular complexity index is 2840. The number of ketones is 1. The maximum atomic E-state index is 12.3. The van der Waals surface area contributed by atoms with Crippen LogP contribution < -0.4 is 5.73 Å². The van der Waals surface area contributed by atoms with Crippen molar-refractivity contribution in [3.63, 3.8) is 0 Å². The molecule has 10 nitrogen and oxygen atoms in total. The van der Waals surface area contributed by atoms with Gasteiger partial charge in [-0.05, 0) is 119 Å². The van der Waals surface area contributed by atoms with Crippen molar-refractivity contribution in [1.29, 1.82) is 0 Å². The summed E-state index contributed by atoms with van der Waals surface area (Å²) in [5, 5.41) is 18.2. The van der Waals surface area contributed by atoms with Gasteiger partial charge in [-0.3, -0.25) is 4.79 Å². The van der Waals surface area contributed by atoms with Gasteiger partial charge in [-0.25, -0.2) is 18.1 Å². The van der Waals surface area contributed by atoms with Crippen LogP contribution in [0.15, 0.2) is 128 Å². The van der Waals surface area contributed by atoms with Gasteiger partial charge in [-0.15, -0.1) is 0 Å². The number of carbonyl (C=O) groups is 1. The number of nitrogens with two attached hydrogens (primary N) is 1. The van der Waals surface area contributed by atoms with Crippen molar-refractivity contribution in [3.05, 3.63) is 160 Å². The van der Waals surface area contributed by atoms with Crippen LogP contribution in [0.3, 0.4) is 0 Å². The van der Waals surface area contributed by atoms with E-state index in [0.29, 0.717) is 17.8 Å². The van der Waals surface area contributed by atoms with E-state index in [0.717, 1.165) is 44.9 Å². The van der Waals surface area contributed by atoms with E-state index in [-0.39, 0.29) is 17.6 Å². The van der Waals surface area contributed by atoms with Crippen molar-refractivity contribution in [2.24, 2.45) is 5.92 Å². The molecule has 8 heterocycles. The number of fused-ring (bicyclic) bond motifs is 4. The molecule has 316 valence electrons. The van der Waals surface area contributed by atoms with Gasteiger partial charge in [0.1, 0.15) is 0 Å². The van der Waals surface area contributed by atoms with Crippen LogP contribution >= 0.6 is 22.6 Å². The second-order valence-electron chi connectivity index (χ2n) is 16.7. The third-order valence-electron chi connectivity index (χ3n) is 10.2. The van der Waals surface area contributed by atoms with Gasteiger partial charge in [0.05, 0.1) is 54.0 Å². The molecule has 0 aliphatic carbocycles. The Kier molecular flexibility index (Phi) is 14.4. The van der Waals surface area contributed by atoms with Crippen LogP contribution in [0.1, 0.15) is 126 Å². The summed E-state index contributed by atoms with van der Waals surface area (Å²) in [6, 6.07) is 34.3. The first-order valence-electron chi connectivity index (χ1n) is 21.1. The smallest absolute Gasteiger partial charge is 0.169 e. The zero-order valence-electron chi connectivity index (χ0n) is 37.0. The molecule has 1 aromatic carbocycles. The minimum Gasteiger partial charge on any atom is -0.399 e. The molecule has 0 saturated heterocycles. The summed E-state index contributed by atoms with van der Waals surface area (Å²) < 4.78 is 8.86. The van der Waals surface area contributed by atoms with E-state index in [1.165, 1.54) is 25.9 Å². The van der Waals surface area contributed by atoms with Crippen LogP contribution in [0.4, 0.5) is 5.69 Å². The normalized spacial score (nSPS) is 11.4. The average Bonchev–Trinajstić information content (AvgIpc) is 4.03. The maximum Gasteiger partial charge on any atom is 0.169 e. The van der Waals surface area contributed by atoms with Crippen LogP contribution in [0.25, 0.3) is 33.2 Å². The molecule has 61 heavy (non-hydrogen) atoms. The number of nitrogens with zero attached hydrogens (tertiary/aromatic N) is 8. The summed E-state index contributed by atoms with van der Waals surface area (Å²) in [4.78, 5) is 12.3. The van der Waals surface area contributed by atoms with Gasteiger partial charge < -0.3 is 5.73 Å². The number of pyridine rings is 4. The molecule has 9 rings (SSSR count). The van der Waals surface area contributed by atoms with Gasteiger partial charge in [0.25, 0.3) is 0 Å². The highest BCUT2D eigenvalue weighted by Gasteiger charge is 2.23. The Morgan fingerprint density at radius 2 is 1.03 bits per heavy atom. The predicted molar refractivity (Wildman–Crippen MR) is 259 cm³/mol. The zero-order chi connectivity index (χ0) is 44.0. The fourth-order valence-electron chi connectivity index (χ4n) is 6.97. The summed E-state index contributed by atoms with van der Waals surface area (Å²) in [6.45, 7) is 21.0. The van der Waals surface area contributed by atoms with Crippen LogP contribution in [-0.4, -0.2) is 44.2 Å². The highest BCUT2D eigenvalue weighted by molar-refractivity contribution is 14.1. The van der Waals surface area contributed by atoms with Crippen LogP contribution in [-0.2, 0) is 0 Å². The fourth-order valence-corrected chi connectivity index (χ4v) is 8.13. The lowest BCUT2D eigenvalue weighted by atomic mass is 9.95. The molecule has 0 amide bonds. The molecule has 2 N–H and O–H groups in total. The number of hydrogen-bond acceptors (Lipinski definition) is 6. The third-order valence-corrected chi connectivity index (χ3v) is 11.3. The number of Topliss-reactive ketones (excluding diaryl/α,β-unsaturated/α-hetero) is 1. The number of hydrogen-bond donors (Lipinski definition) is 1. The first-order chi connectivity index (χ1) is 29.2. The van der Waals surface area contributed by atoms with Gasteiger partial charge in [-0.1, -0.05) is 106 Å². The minimum atomic E-state index is 0.000654. The summed E-state index contributed by atoms with van der Waals surface area (Å²) in [5.41, 5.74) is 18.5. The molecule has 0 fully saturated rings. The van der Waals surface area contributed by atoms with Gasteiger partial charge in [0.2, 0.25) is 0 Å². The van der Waals surface area contributed by atoms with Gasteiger partial charge in [-0.2, -0.15) is 20.4 Å². The first kappa shape index (κ1) is 44.7. The molecule has 0 spiro atoms. The topological polar surface area (TPSA) is 112 Å². The molecule has 0 saturated carbocycles. The Hall–Kier alpha value is -5.82. The summed E-state index contributed by atoms with van der Waals surface area (Å²) in [6.07, 6.45) is 7.83. The second-order valence-corrected chi connectivity index (χ2v) is 17.8. The van der Waals surface area contributed by atoms with Crippen LogP contribution in [0.2, 0.25) is 0 Å². The fraction of sp³-hybridized carbons (Fsp3) is 0.300. The Balaban J connectivity index is 0.000000138. The maximum absolute atomic E-state index is 12.3. The van der Waals surface area contributed by atoms with Gasteiger partial charge in [0, 0.05) is 42.0 Å². The third kappa shape index (κ3) is 10.2. The number of anilines is 1. The largest absolute Gasteiger partial charge is 0.399 e. The summed E-state index contributed by atoms with van der Waals surface area (Å²) >= 11 is 2.37. The number of nitrogen functional groups attached to an aromatic ring is 1.